The maximum absolute atomic E-state index is 10.9. The number of benzene rings is 1. The highest BCUT2D eigenvalue weighted by molar-refractivity contribution is 5.84. The predicted molar refractivity (Wildman–Crippen MR) is 61.8 cm³/mol. The fourth-order valence-electron chi connectivity index (χ4n) is 1.22. The van der Waals surface area contributed by atoms with Crippen LogP contribution in [0.3, 0.4) is 0 Å². The summed E-state index contributed by atoms with van der Waals surface area (Å²) in [6.45, 7) is 4.11. The summed E-state index contributed by atoms with van der Waals surface area (Å²) in [4.78, 5) is 10.9. The zero-order valence-electron chi connectivity index (χ0n) is 9.51. The minimum absolute atomic E-state index is 0.0128. The highest BCUT2D eigenvalue weighted by atomic mass is 16.5. The number of hydrogen-bond donors (Lipinski definition) is 1. The van der Waals surface area contributed by atoms with Gasteiger partial charge in [0.1, 0.15) is 6.61 Å². The monoisotopic (exact) mass is 220 g/mol. The molecule has 0 saturated carbocycles. The smallest absolute Gasteiger partial charge is 0.370 e. The first-order valence-corrected chi connectivity index (χ1v) is 5.21. The summed E-state index contributed by atoms with van der Waals surface area (Å²) in [5, 5.41) is 8.91. The number of carbonyl (C=O) groups is 1. The minimum Gasteiger partial charge on any atom is -0.482 e. The van der Waals surface area contributed by atoms with Crippen molar-refractivity contribution in [2.24, 2.45) is 5.92 Å². The van der Waals surface area contributed by atoms with Crippen molar-refractivity contribution in [3.63, 3.8) is 0 Å². The third-order valence-corrected chi connectivity index (χ3v) is 1.93. The van der Waals surface area contributed by atoms with E-state index >= 15 is 0 Å². The van der Waals surface area contributed by atoms with Crippen LogP contribution in [0.4, 0.5) is 0 Å². The number of aliphatic carboxylic acids is 1. The normalized spacial score (nSPS) is 11.6. The summed E-state index contributed by atoms with van der Waals surface area (Å²) >= 11 is 0. The van der Waals surface area contributed by atoms with E-state index in [2.05, 4.69) is 0 Å². The lowest BCUT2D eigenvalue weighted by molar-refractivity contribution is -0.136. The third-order valence-electron chi connectivity index (χ3n) is 1.93. The molecule has 0 bridgehead atoms. The Morgan fingerprint density at radius 1 is 1.38 bits per heavy atom. The topological polar surface area (TPSA) is 46.5 Å². The van der Waals surface area contributed by atoms with Crippen molar-refractivity contribution >= 4 is 5.97 Å². The molecule has 86 valence electrons. The molecule has 16 heavy (non-hydrogen) atoms. The molecule has 0 fully saturated rings. The molecular weight excluding hydrogens is 204 g/mol. The molecule has 0 aliphatic rings. The maximum Gasteiger partial charge on any atom is 0.370 e. The quantitative estimate of drug-likeness (QED) is 0.613. The van der Waals surface area contributed by atoms with Crippen LogP contribution in [-0.2, 0) is 16.1 Å². The summed E-state index contributed by atoms with van der Waals surface area (Å²) in [5.41, 5.74) is 0.957. The molecule has 1 aromatic carbocycles. The number of allylic oxidation sites excluding steroid dienone is 1. The Balaban J connectivity index is 2.61. The predicted octanol–water partition coefficient (Wildman–Crippen LogP) is 2.83. The Morgan fingerprint density at radius 3 is 2.50 bits per heavy atom. The Kier molecular flexibility index (Phi) is 4.58. The molecule has 0 atom stereocenters. The first-order valence-electron chi connectivity index (χ1n) is 5.21. The molecule has 1 N–H and O–H groups in total. The number of hydrogen-bond acceptors (Lipinski definition) is 2. The van der Waals surface area contributed by atoms with E-state index in [0.717, 1.165) is 5.56 Å². The molecule has 0 aliphatic heterocycles. The van der Waals surface area contributed by atoms with Gasteiger partial charge in [0.25, 0.3) is 0 Å². The first-order chi connectivity index (χ1) is 7.59. The van der Waals surface area contributed by atoms with E-state index in [1.165, 1.54) is 0 Å². The molecule has 0 radical (unpaired) electrons. The van der Waals surface area contributed by atoms with Crippen LogP contribution >= 0.6 is 0 Å². The molecule has 0 heterocycles. The van der Waals surface area contributed by atoms with Crippen molar-refractivity contribution < 1.29 is 14.6 Å². The van der Waals surface area contributed by atoms with Crippen molar-refractivity contribution in [3.8, 4) is 0 Å². The molecule has 0 spiro atoms. The van der Waals surface area contributed by atoms with Crippen molar-refractivity contribution in [1.82, 2.24) is 0 Å². The molecule has 0 aliphatic carbocycles. The van der Waals surface area contributed by atoms with Gasteiger partial charge in [0.2, 0.25) is 5.76 Å². The standard InChI is InChI=1S/C13H16O3/c1-10(2)8-12(13(14)15)16-9-11-6-4-3-5-7-11/h3-8,10H,9H2,1-2H3,(H,14,15)/b12-8+. The van der Waals surface area contributed by atoms with Gasteiger partial charge in [-0.25, -0.2) is 4.79 Å². The lowest BCUT2D eigenvalue weighted by Crippen LogP contribution is -2.06. The Morgan fingerprint density at radius 2 is 2.00 bits per heavy atom. The number of ether oxygens (including phenoxy) is 1. The van der Waals surface area contributed by atoms with Crippen LogP contribution in [0.15, 0.2) is 42.2 Å². The van der Waals surface area contributed by atoms with Gasteiger partial charge < -0.3 is 9.84 Å². The van der Waals surface area contributed by atoms with Crippen LogP contribution in [0.2, 0.25) is 0 Å². The van der Waals surface area contributed by atoms with Gasteiger partial charge in [-0.2, -0.15) is 0 Å². The lowest BCUT2D eigenvalue weighted by Gasteiger charge is -2.07. The number of carboxylic acid groups (broad SMARTS) is 1. The van der Waals surface area contributed by atoms with E-state index in [9.17, 15) is 4.79 Å². The van der Waals surface area contributed by atoms with Gasteiger partial charge >= 0.3 is 5.97 Å². The lowest BCUT2D eigenvalue weighted by atomic mass is 10.2. The second-order valence-electron chi connectivity index (χ2n) is 3.85. The van der Waals surface area contributed by atoms with E-state index in [-0.39, 0.29) is 18.3 Å². The average Bonchev–Trinajstić information content (AvgIpc) is 2.25. The SMILES string of the molecule is CC(C)/C=C(/OCc1ccccc1)C(=O)O. The second-order valence-corrected chi connectivity index (χ2v) is 3.85. The second kappa shape index (κ2) is 5.95. The van der Waals surface area contributed by atoms with Crippen LogP contribution in [0, 0.1) is 5.92 Å². The molecule has 0 unspecified atom stereocenters. The van der Waals surface area contributed by atoms with Crippen molar-refractivity contribution in [3.05, 3.63) is 47.7 Å². The van der Waals surface area contributed by atoms with Gasteiger partial charge in [-0.05, 0) is 17.6 Å². The zero-order chi connectivity index (χ0) is 12.0. The van der Waals surface area contributed by atoms with Gasteiger partial charge in [0.05, 0.1) is 0 Å². The minimum atomic E-state index is -1.02. The number of rotatable bonds is 5. The average molecular weight is 220 g/mol. The third kappa shape index (κ3) is 4.17. The first kappa shape index (κ1) is 12.3. The van der Waals surface area contributed by atoms with Crippen LogP contribution < -0.4 is 0 Å². The summed E-state index contributed by atoms with van der Waals surface area (Å²) in [6, 6.07) is 9.49. The largest absolute Gasteiger partial charge is 0.482 e. The zero-order valence-corrected chi connectivity index (χ0v) is 9.51. The Hall–Kier alpha value is -1.77. The summed E-state index contributed by atoms with van der Waals surface area (Å²) < 4.78 is 5.26. The van der Waals surface area contributed by atoms with E-state index in [1.807, 2.05) is 44.2 Å². The van der Waals surface area contributed by atoms with Crippen LogP contribution in [0.25, 0.3) is 0 Å². The van der Waals surface area contributed by atoms with E-state index in [4.69, 9.17) is 9.84 Å². The maximum atomic E-state index is 10.9. The molecule has 3 heteroatoms. The highest BCUT2D eigenvalue weighted by Gasteiger charge is 2.09. The molecule has 1 rings (SSSR count). The summed E-state index contributed by atoms with van der Waals surface area (Å²) in [6.07, 6.45) is 1.60. The van der Waals surface area contributed by atoms with Crippen molar-refractivity contribution in [2.75, 3.05) is 0 Å². The molecule has 0 saturated heterocycles. The molecular formula is C13H16O3. The molecule has 0 aromatic heterocycles. The van der Waals surface area contributed by atoms with E-state index in [0.29, 0.717) is 0 Å². The molecule has 1 aromatic rings. The van der Waals surface area contributed by atoms with Crippen molar-refractivity contribution in [2.45, 2.75) is 20.5 Å². The van der Waals surface area contributed by atoms with Gasteiger partial charge in [-0.15, -0.1) is 0 Å². The van der Waals surface area contributed by atoms with E-state index < -0.39 is 5.97 Å². The summed E-state index contributed by atoms with van der Waals surface area (Å²) in [5.74, 6) is -0.856. The van der Waals surface area contributed by atoms with Gasteiger partial charge in [-0.1, -0.05) is 44.2 Å². The Labute approximate surface area is 95.4 Å². The Bertz CT molecular complexity index is 366. The van der Waals surface area contributed by atoms with Crippen LogP contribution in [0.5, 0.6) is 0 Å². The van der Waals surface area contributed by atoms with Gasteiger partial charge in [0.15, 0.2) is 0 Å². The van der Waals surface area contributed by atoms with Crippen molar-refractivity contribution in [1.29, 1.82) is 0 Å². The van der Waals surface area contributed by atoms with Crippen LogP contribution in [-0.4, -0.2) is 11.1 Å². The highest BCUT2D eigenvalue weighted by Crippen LogP contribution is 2.09. The fourth-order valence-corrected chi connectivity index (χ4v) is 1.22. The summed E-state index contributed by atoms with van der Waals surface area (Å²) in [7, 11) is 0. The van der Waals surface area contributed by atoms with E-state index in [1.54, 1.807) is 6.08 Å². The molecule has 3 nitrogen and oxygen atoms in total. The van der Waals surface area contributed by atoms with Gasteiger partial charge in [0, 0.05) is 0 Å². The van der Waals surface area contributed by atoms with Gasteiger partial charge in [-0.3, -0.25) is 0 Å². The fraction of sp³-hybridized carbons (Fsp3) is 0.308. The number of carboxylic acids is 1. The molecule has 0 amide bonds. The van der Waals surface area contributed by atoms with Crippen LogP contribution in [0.1, 0.15) is 19.4 Å².